The summed E-state index contributed by atoms with van der Waals surface area (Å²) in [5, 5.41) is 2.61. The number of carbonyl (C=O) groups is 1. The molecule has 1 amide bonds. The summed E-state index contributed by atoms with van der Waals surface area (Å²) in [7, 11) is 3.59. The van der Waals surface area contributed by atoms with Crippen LogP contribution in [-0.2, 0) is 11.3 Å². The molecule has 5 nitrogen and oxygen atoms in total. The molecule has 1 atom stereocenters. The van der Waals surface area contributed by atoms with E-state index in [4.69, 9.17) is 5.73 Å². The van der Waals surface area contributed by atoms with Gasteiger partial charge >= 0.3 is 0 Å². The van der Waals surface area contributed by atoms with Crippen LogP contribution in [0.2, 0.25) is 0 Å². The summed E-state index contributed by atoms with van der Waals surface area (Å²) in [4.78, 5) is 17.6. The number of carbonyl (C=O) groups excluding carboxylic acids is 1. The minimum absolute atomic E-state index is 0.00770. The van der Waals surface area contributed by atoms with Gasteiger partial charge in [-0.2, -0.15) is 0 Å². The summed E-state index contributed by atoms with van der Waals surface area (Å²) in [6.07, 6.45) is 2.18. The van der Waals surface area contributed by atoms with Gasteiger partial charge in [-0.3, -0.25) is 14.7 Å². The minimum Gasteiger partial charge on any atom is -0.359 e. The van der Waals surface area contributed by atoms with Gasteiger partial charge in [-0.15, -0.1) is 0 Å². The summed E-state index contributed by atoms with van der Waals surface area (Å²) in [5.74, 6) is 0.00770. The average Bonchev–Trinajstić information content (AvgIpc) is 2.36. The lowest BCUT2D eigenvalue weighted by Crippen LogP contribution is -2.41. The lowest BCUT2D eigenvalue weighted by atomic mass is 10.1. The molecule has 0 aliphatic carbocycles. The molecule has 1 rings (SSSR count). The van der Waals surface area contributed by atoms with Crippen LogP contribution >= 0.6 is 0 Å². The Bertz CT molecular complexity index is 342. The number of aromatic nitrogens is 1. The van der Waals surface area contributed by atoms with Crippen molar-refractivity contribution in [2.24, 2.45) is 5.73 Å². The topological polar surface area (TPSA) is 71.2 Å². The first kappa shape index (κ1) is 13.6. The third-order valence-electron chi connectivity index (χ3n) is 2.73. The number of nitrogens with two attached hydrogens (primary N) is 1. The normalized spacial score (nSPS) is 12.5. The van der Waals surface area contributed by atoms with Gasteiger partial charge in [0.05, 0.1) is 5.69 Å². The minimum atomic E-state index is 0.00770. The molecule has 1 heterocycles. The molecule has 0 saturated heterocycles. The fourth-order valence-corrected chi connectivity index (χ4v) is 1.61. The first-order chi connectivity index (χ1) is 8.17. The second kappa shape index (κ2) is 6.98. The van der Waals surface area contributed by atoms with Gasteiger partial charge in [-0.05, 0) is 19.2 Å². The molecule has 3 N–H and O–H groups in total. The first-order valence-corrected chi connectivity index (χ1v) is 5.68. The van der Waals surface area contributed by atoms with Crippen LogP contribution in [0, 0.1) is 0 Å². The second-order valence-corrected chi connectivity index (χ2v) is 4.00. The van der Waals surface area contributed by atoms with E-state index >= 15 is 0 Å². The molecule has 5 heteroatoms. The van der Waals surface area contributed by atoms with E-state index in [-0.39, 0.29) is 11.9 Å². The largest absolute Gasteiger partial charge is 0.359 e. The van der Waals surface area contributed by atoms with Crippen molar-refractivity contribution < 1.29 is 4.79 Å². The summed E-state index contributed by atoms with van der Waals surface area (Å²) < 4.78 is 0. The number of nitrogens with zero attached hydrogens (tertiary/aromatic N) is 2. The van der Waals surface area contributed by atoms with Gasteiger partial charge in [0.15, 0.2) is 0 Å². The maximum atomic E-state index is 11.3. The lowest BCUT2D eigenvalue weighted by molar-refractivity contribution is -0.121. The lowest BCUT2D eigenvalue weighted by Gasteiger charge is -2.25. The Kier molecular flexibility index (Phi) is 5.59. The van der Waals surface area contributed by atoms with E-state index in [1.54, 1.807) is 13.2 Å². The highest BCUT2D eigenvalue weighted by Gasteiger charge is 2.16. The van der Waals surface area contributed by atoms with Gasteiger partial charge in [0, 0.05) is 38.8 Å². The van der Waals surface area contributed by atoms with Crippen molar-refractivity contribution in [2.75, 3.05) is 20.6 Å². The third-order valence-corrected chi connectivity index (χ3v) is 2.73. The Hall–Kier alpha value is -1.46. The number of hydrogen-bond acceptors (Lipinski definition) is 4. The molecule has 0 aliphatic rings. The van der Waals surface area contributed by atoms with Crippen molar-refractivity contribution in [3.8, 4) is 0 Å². The predicted molar refractivity (Wildman–Crippen MR) is 67.2 cm³/mol. The van der Waals surface area contributed by atoms with Gasteiger partial charge < -0.3 is 11.1 Å². The van der Waals surface area contributed by atoms with Crippen molar-refractivity contribution in [1.82, 2.24) is 15.2 Å². The van der Waals surface area contributed by atoms with Gasteiger partial charge in [0.25, 0.3) is 0 Å². The van der Waals surface area contributed by atoms with E-state index in [1.165, 1.54) is 0 Å². The van der Waals surface area contributed by atoms with Crippen LogP contribution in [-0.4, -0.2) is 42.5 Å². The molecule has 0 bridgehead atoms. The predicted octanol–water partition coefficient (Wildman–Crippen LogP) is -0.0232. The van der Waals surface area contributed by atoms with E-state index < -0.39 is 0 Å². The van der Waals surface area contributed by atoms with E-state index in [1.807, 2.05) is 25.2 Å². The molecular formula is C12H20N4O. The molecule has 1 aromatic rings. The summed E-state index contributed by atoms with van der Waals surface area (Å²) in [6, 6.07) is 5.84. The first-order valence-electron chi connectivity index (χ1n) is 5.68. The highest BCUT2D eigenvalue weighted by molar-refractivity contribution is 5.76. The fraction of sp³-hybridized carbons (Fsp3) is 0.500. The van der Waals surface area contributed by atoms with E-state index in [2.05, 4.69) is 15.2 Å². The Balaban J connectivity index is 2.54. The average molecular weight is 236 g/mol. The number of nitrogens with one attached hydrogen (secondary N) is 1. The highest BCUT2D eigenvalue weighted by Crippen LogP contribution is 2.06. The Labute approximate surface area is 102 Å². The molecule has 0 aromatic carbocycles. The summed E-state index contributed by atoms with van der Waals surface area (Å²) in [6.45, 7) is 1.15. The third kappa shape index (κ3) is 4.50. The summed E-state index contributed by atoms with van der Waals surface area (Å²) in [5.41, 5.74) is 6.67. The van der Waals surface area contributed by atoms with E-state index in [0.717, 1.165) is 5.69 Å². The number of hydrogen-bond donors (Lipinski definition) is 2. The molecule has 1 unspecified atom stereocenters. The second-order valence-electron chi connectivity index (χ2n) is 4.00. The number of likely N-dealkylation sites (N-methyl/N-ethyl adjacent to an activating group) is 1. The fourth-order valence-electron chi connectivity index (χ4n) is 1.61. The van der Waals surface area contributed by atoms with Crippen molar-refractivity contribution >= 4 is 5.91 Å². The molecule has 0 fully saturated rings. The quantitative estimate of drug-likeness (QED) is 0.728. The zero-order valence-corrected chi connectivity index (χ0v) is 10.4. The zero-order valence-electron chi connectivity index (χ0n) is 10.4. The van der Waals surface area contributed by atoms with Crippen molar-refractivity contribution in [2.45, 2.75) is 19.0 Å². The van der Waals surface area contributed by atoms with Gasteiger partial charge in [-0.1, -0.05) is 6.07 Å². The molecule has 0 spiro atoms. The molecule has 94 valence electrons. The van der Waals surface area contributed by atoms with E-state index in [9.17, 15) is 4.79 Å². The van der Waals surface area contributed by atoms with Gasteiger partial charge in [0.2, 0.25) is 5.91 Å². The van der Waals surface area contributed by atoms with Crippen molar-refractivity contribution in [3.63, 3.8) is 0 Å². The van der Waals surface area contributed by atoms with Gasteiger partial charge in [-0.25, -0.2) is 0 Å². The standard InChI is InChI=1S/C12H20N4O/c1-14-12(17)7-11(8-13)16(2)9-10-5-3-4-6-15-10/h3-6,11H,7-9,13H2,1-2H3,(H,14,17). The maximum absolute atomic E-state index is 11.3. The molecule has 1 aromatic heterocycles. The van der Waals surface area contributed by atoms with Crippen molar-refractivity contribution in [1.29, 1.82) is 0 Å². The number of rotatable bonds is 6. The van der Waals surface area contributed by atoms with Crippen LogP contribution in [0.3, 0.4) is 0 Å². The Morgan fingerprint density at radius 3 is 2.88 bits per heavy atom. The van der Waals surface area contributed by atoms with Crippen LogP contribution in [0.1, 0.15) is 12.1 Å². The van der Waals surface area contributed by atoms with Crippen LogP contribution in [0.25, 0.3) is 0 Å². The molecule has 17 heavy (non-hydrogen) atoms. The Morgan fingerprint density at radius 2 is 2.35 bits per heavy atom. The number of pyridine rings is 1. The smallest absolute Gasteiger partial charge is 0.221 e. The summed E-state index contributed by atoms with van der Waals surface area (Å²) >= 11 is 0. The van der Waals surface area contributed by atoms with Crippen LogP contribution in [0.4, 0.5) is 0 Å². The Morgan fingerprint density at radius 1 is 1.59 bits per heavy atom. The SMILES string of the molecule is CNC(=O)CC(CN)N(C)Cc1ccccn1. The number of amides is 1. The van der Waals surface area contributed by atoms with Crippen LogP contribution in [0.15, 0.2) is 24.4 Å². The molecule has 0 radical (unpaired) electrons. The van der Waals surface area contributed by atoms with Gasteiger partial charge in [0.1, 0.15) is 0 Å². The van der Waals surface area contributed by atoms with Crippen LogP contribution < -0.4 is 11.1 Å². The maximum Gasteiger partial charge on any atom is 0.221 e. The molecular weight excluding hydrogens is 216 g/mol. The molecule has 0 aliphatic heterocycles. The van der Waals surface area contributed by atoms with Crippen molar-refractivity contribution in [3.05, 3.63) is 30.1 Å². The van der Waals surface area contributed by atoms with Crippen LogP contribution in [0.5, 0.6) is 0 Å². The zero-order chi connectivity index (χ0) is 12.7. The van der Waals surface area contributed by atoms with E-state index in [0.29, 0.717) is 19.5 Å². The molecule has 0 saturated carbocycles. The highest BCUT2D eigenvalue weighted by atomic mass is 16.1. The monoisotopic (exact) mass is 236 g/mol.